The number of fused-ring (bicyclic) bond motifs is 1. The molecule has 44 heavy (non-hydrogen) atoms. The van der Waals surface area contributed by atoms with Crippen LogP contribution in [0.1, 0.15) is 28.0 Å². The molecule has 1 aliphatic heterocycles. The Kier molecular flexibility index (Phi) is 9.33. The van der Waals surface area contributed by atoms with Crippen LogP contribution in [-0.2, 0) is 30.8 Å². The van der Waals surface area contributed by atoms with E-state index in [0.717, 1.165) is 16.5 Å². The molecule has 0 spiro atoms. The zero-order valence-electron chi connectivity index (χ0n) is 24.0. The van der Waals surface area contributed by atoms with Gasteiger partial charge in [-0.2, -0.15) is 0 Å². The second-order valence-corrected chi connectivity index (χ2v) is 12.5. The van der Waals surface area contributed by atoms with Gasteiger partial charge in [-0.15, -0.1) is 0 Å². The number of ether oxygens (including phenoxy) is 1. The van der Waals surface area contributed by atoms with Crippen molar-refractivity contribution in [3.05, 3.63) is 108 Å². The van der Waals surface area contributed by atoms with Crippen LogP contribution in [0.4, 0.5) is 0 Å². The summed E-state index contributed by atoms with van der Waals surface area (Å²) in [6.07, 6.45) is -1.10. The molecule has 11 nitrogen and oxygen atoms in total. The summed E-state index contributed by atoms with van der Waals surface area (Å²) in [5.74, 6) is -2.04. The summed E-state index contributed by atoms with van der Waals surface area (Å²) in [6, 6.07) is 24.6. The number of amides is 3. The minimum atomic E-state index is -3.77. The number of pyridine rings is 1. The molecule has 2 heterocycles. The van der Waals surface area contributed by atoms with Crippen molar-refractivity contribution in [3.8, 4) is 0 Å². The maximum atomic E-state index is 13.5. The van der Waals surface area contributed by atoms with Crippen LogP contribution in [0, 0.1) is 6.92 Å². The predicted octanol–water partition coefficient (Wildman–Crippen LogP) is 1.99. The monoisotopic (exact) mass is 615 g/mol. The van der Waals surface area contributed by atoms with Gasteiger partial charge in [0.15, 0.2) is 0 Å². The summed E-state index contributed by atoms with van der Waals surface area (Å²) in [6.45, 7) is 1.87. The molecule has 228 valence electrons. The second kappa shape index (κ2) is 13.3. The molecule has 3 amide bonds. The van der Waals surface area contributed by atoms with Crippen molar-refractivity contribution in [3.63, 3.8) is 0 Å². The van der Waals surface area contributed by atoms with Gasteiger partial charge in [-0.25, -0.2) is 18.1 Å². The van der Waals surface area contributed by atoms with E-state index in [0.29, 0.717) is 11.9 Å². The van der Waals surface area contributed by atoms with Crippen molar-refractivity contribution in [2.45, 2.75) is 49.0 Å². The van der Waals surface area contributed by atoms with Crippen molar-refractivity contribution in [1.29, 1.82) is 0 Å². The number of sulfonamides is 1. The minimum Gasteiger partial charge on any atom is -0.370 e. The molecular formula is C32H33N5O6S. The summed E-state index contributed by atoms with van der Waals surface area (Å²) in [5.41, 5.74) is 7.96. The third kappa shape index (κ3) is 7.84. The zero-order chi connectivity index (χ0) is 31.3. The van der Waals surface area contributed by atoms with Gasteiger partial charge in [-0.05, 0) is 43.2 Å². The number of carbonyl (C=O) groups is 3. The molecule has 0 saturated carbocycles. The fourth-order valence-electron chi connectivity index (χ4n) is 4.90. The first kappa shape index (κ1) is 30.8. The van der Waals surface area contributed by atoms with Gasteiger partial charge in [-0.3, -0.25) is 14.4 Å². The lowest BCUT2D eigenvalue weighted by atomic mass is 10.0. The van der Waals surface area contributed by atoms with Gasteiger partial charge in [0.25, 0.3) is 5.91 Å². The Balaban J connectivity index is 1.28. The molecule has 1 aliphatic rings. The number of nitrogens with two attached hydrogens (primary N) is 1. The molecule has 1 fully saturated rings. The van der Waals surface area contributed by atoms with Gasteiger partial charge < -0.3 is 21.1 Å². The zero-order valence-corrected chi connectivity index (χ0v) is 24.8. The SMILES string of the molecule is Cc1ccc(S(=O)(=O)NC[C@@H]2O[C@@H]2[C@H](Cc2ccccc2)NC(=O)C(CC(N)=O)NC(=O)c2ccc3ccccc3n2)cc1. The average Bonchev–Trinajstić information content (AvgIpc) is 3.79. The first-order valence-corrected chi connectivity index (χ1v) is 15.6. The highest BCUT2D eigenvalue weighted by atomic mass is 32.2. The number of nitrogens with zero attached hydrogens (tertiary/aromatic N) is 1. The van der Waals surface area contributed by atoms with Crippen LogP contribution in [0.2, 0.25) is 0 Å². The number of nitrogens with one attached hydrogen (secondary N) is 3. The number of primary amides is 1. The molecule has 0 radical (unpaired) electrons. The molecule has 4 atom stereocenters. The first-order valence-electron chi connectivity index (χ1n) is 14.1. The summed E-state index contributed by atoms with van der Waals surface area (Å²) in [7, 11) is -3.77. The number of epoxide rings is 1. The largest absolute Gasteiger partial charge is 0.370 e. The first-order chi connectivity index (χ1) is 21.1. The summed E-state index contributed by atoms with van der Waals surface area (Å²) in [4.78, 5) is 43.0. The van der Waals surface area contributed by atoms with E-state index in [1.807, 2.05) is 49.4 Å². The summed E-state index contributed by atoms with van der Waals surface area (Å²) in [5, 5.41) is 6.34. The van der Waals surface area contributed by atoms with Crippen molar-refractivity contribution in [2.75, 3.05) is 6.54 Å². The Bertz CT molecular complexity index is 1770. The second-order valence-electron chi connectivity index (χ2n) is 10.7. The van der Waals surface area contributed by atoms with Gasteiger partial charge in [0.2, 0.25) is 21.8 Å². The smallest absolute Gasteiger partial charge is 0.270 e. The normalized spacial score (nSPS) is 17.4. The average molecular weight is 616 g/mol. The number of hydrogen-bond donors (Lipinski definition) is 4. The summed E-state index contributed by atoms with van der Waals surface area (Å²) >= 11 is 0. The number of benzene rings is 3. The van der Waals surface area contributed by atoms with Crippen LogP contribution in [0.15, 0.2) is 95.9 Å². The maximum absolute atomic E-state index is 13.5. The molecule has 5 N–H and O–H groups in total. The highest BCUT2D eigenvalue weighted by molar-refractivity contribution is 7.89. The van der Waals surface area contributed by atoms with Crippen LogP contribution in [-0.4, -0.2) is 62.0 Å². The number of para-hydroxylation sites is 1. The highest BCUT2D eigenvalue weighted by Gasteiger charge is 2.46. The number of rotatable bonds is 13. The third-order valence-corrected chi connectivity index (χ3v) is 8.75. The lowest BCUT2D eigenvalue weighted by Gasteiger charge is -2.22. The van der Waals surface area contributed by atoms with Crippen molar-refractivity contribution in [1.82, 2.24) is 20.3 Å². The quantitative estimate of drug-likeness (QED) is 0.167. The summed E-state index contributed by atoms with van der Waals surface area (Å²) < 4.78 is 34.0. The van der Waals surface area contributed by atoms with Crippen molar-refractivity contribution >= 4 is 38.6 Å². The fraction of sp³-hybridized carbons (Fsp3) is 0.250. The van der Waals surface area contributed by atoms with E-state index in [-0.39, 0.29) is 17.1 Å². The van der Waals surface area contributed by atoms with Gasteiger partial charge in [0, 0.05) is 11.9 Å². The van der Waals surface area contributed by atoms with Gasteiger partial charge in [0.05, 0.1) is 29.0 Å². The van der Waals surface area contributed by atoms with Crippen LogP contribution >= 0.6 is 0 Å². The standard InChI is InChI=1S/C32H33N5O6S/c1-20-11-14-23(15-12-20)44(41,42)34-19-28-30(43-28)26(17-21-7-3-2-4-8-21)36-32(40)27(18-29(33)38)37-31(39)25-16-13-22-9-5-6-10-24(22)35-25/h2-16,26-28,30,34H,17-19H2,1H3,(H2,33,38)(H,36,40)(H,37,39)/t26-,27?,28-,30+/m0/s1. The molecular weight excluding hydrogens is 582 g/mol. The fourth-order valence-corrected chi connectivity index (χ4v) is 5.95. The van der Waals surface area contributed by atoms with Crippen LogP contribution in [0.3, 0.4) is 0 Å². The van der Waals surface area contributed by atoms with Crippen LogP contribution < -0.4 is 21.1 Å². The molecule has 1 saturated heterocycles. The lowest BCUT2D eigenvalue weighted by molar-refractivity contribution is -0.127. The number of aryl methyl sites for hydroxylation is 1. The van der Waals surface area contributed by atoms with E-state index >= 15 is 0 Å². The number of hydrogen-bond acceptors (Lipinski definition) is 7. The topological polar surface area (TPSA) is 173 Å². The Morgan fingerprint density at radius 1 is 0.909 bits per heavy atom. The molecule has 0 bridgehead atoms. The van der Waals surface area contributed by atoms with E-state index in [2.05, 4.69) is 20.3 Å². The van der Waals surface area contributed by atoms with E-state index in [9.17, 15) is 22.8 Å². The predicted molar refractivity (Wildman–Crippen MR) is 164 cm³/mol. The Morgan fingerprint density at radius 2 is 1.61 bits per heavy atom. The van der Waals surface area contributed by atoms with E-state index in [4.69, 9.17) is 10.5 Å². The van der Waals surface area contributed by atoms with Crippen LogP contribution in [0.25, 0.3) is 10.9 Å². The Labute approximate surface area is 255 Å². The Morgan fingerprint density at radius 3 is 2.34 bits per heavy atom. The molecule has 12 heteroatoms. The molecule has 0 aliphatic carbocycles. The van der Waals surface area contributed by atoms with Crippen molar-refractivity contribution < 1.29 is 27.5 Å². The number of carbonyl (C=O) groups excluding carboxylic acids is 3. The minimum absolute atomic E-state index is 0.00286. The molecule has 1 aromatic heterocycles. The molecule has 3 aromatic carbocycles. The van der Waals surface area contributed by atoms with Crippen LogP contribution in [0.5, 0.6) is 0 Å². The Hall–Kier alpha value is -4.65. The van der Waals surface area contributed by atoms with Gasteiger partial charge >= 0.3 is 0 Å². The molecule has 4 aromatic rings. The maximum Gasteiger partial charge on any atom is 0.270 e. The van der Waals surface area contributed by atoms with E-state index in [1.165, 1.54) is 18.2 Å². The molecule has 1 unspecified atom stereocenters. The van der Waals surface area contributed by atoms with E-state index < -0.39 is 58.5 Å². The number of aromatic nitrogens is 1. The molecule has 5 rings (SSSR count). The third-order valence-electron chi connectivity index (χ3n) is 7.31. The van der Waals surface area contributed by atoms with Gasteiger partial charge in [-0.1, -0.05) is 72.3 Å². The van der Waals surface area contributed by atoms with E-state index in [1.54, 1.807) is 30.3 Å². The lowest BCUT2D eigenvalue weighted by Crippen LogP contribution is -2.53. The highest BCUT2D eigenvalue weighted by Crippen LogP contribution is 2.28. The van der Waals surface area contributed by atoms with Crippen molar-refractivity contribution in [2.24, 2.45) is 5.73 Å². The van der Waals surface area contributed by atoms with Gasteiger partial charge in [0.1, 0.15) is 17.8 Å².